The number of nitrogens with zero attached hydrogens (tertiary/aromatic N) is 1. The van der Waals surface area contributed by atoms with Crippen molar-refractivity contribution in [1.29, 1.82) is 0 Å². The van der Waals surface area contributed by atoms with Crippen LogP contribution in [0.5, 0.6) is 5.75 Å². The highest BCUT2D eigenvalue weighted by molar-refractivity contribution is 6.06. The molecule has 0 aliphatic rings. The van der Waals surface area contributed by atoms with Gasteiger partial charge in [0.2, 0.25) is 0 Å². The molecule has 0 bridgehead atoms. The Morgan fingerprint density at radius 1 is 0.931 bits per heavy atom. The molecule has 148 valence electrons. The molecule has 3 rings (SSSR count). The largest absolute Gasteiger partial charge is 0.483 e. The van der Waals surface area contributed by atoms with Gasteiger partial charge in [-0.3, -0.25) is 9.59 Å². The van der Waals surface area contributed by atoms with Crippen molar-refractivity contribution in [3.05, 3.63) is 95.8 Å². The summed E-state index contributed by atoms with van der Waals surface area (Å²) in [6.07, 6.45) is 0. The number of likely N-dealkylation sites (N-methyl/N-ethyl adjacent to an activating group) is 1. The number of benzene rings is 3. The Kier molecular flexibility index (Phi) is 6.58. The normalized spacial score (nSPS) is 10.3. The van der Waals surface area contributed by atoms with Crippen LogP contribution in [0, 0.1) is 5.82 Å². The predicted octanol–water partition coefficient (Wildman–Crippen LogP) is 4.12. The molecule has 3 aromatic rings. The molecule has 29 heavy (non-hydrogen) atoms. The molecule has 0 unspecified atom stereocenters. The smallest absolute Gasteiger partial charge is 0.260 e. The topological polar surface area (TPSA) is 58.6 Å². The molecule has 0 radical (unpaired) electrons. The standard InChI is InChI=1S/C23H21FN2O3/c1-26(15-17-11-13-18(24)14-12-17)22(27)16-29-21-10-6-5-9-20(21)23(28)25-19-7-3-2-4-8-19/h2-14H,15-16H2,1H3,(H,25,28). The van der Waals surface area contributed by atoms with E-state index in [0.29, 0.717) is 23.5 Å². The highest BCUT2D eigenvalue weighted by Crippen LogP contribution is 2.20. The van der Waals surface area contributed by atoms with E-state index < -0.39 is 0 Å². The van der Waals surface area contributed by atoms with Gasteiger partial charge in [-0.25, -0.2) is 4.39 Å². The first-order valence-corrected chi connectivity index (χ1v) is 9.09. The van der Waals surface area contributed by atoms with Gasteiger partial charge in [0.1, 0.15) is 11.6 Å². The summed E-state index contributed by atoms with van der Waals surface area (Å²) in [5.41, 5.74) is 1.82. The van der Waals surface area contributed by atoms with Crippen LogP contribution in [0.1, 0.15) is 15.9 Å². The van der Waals surface area contributed by atoms with Gasteiger partial charge in [0.25, 0.3) is 11.8 Å². The second-order valence-electron chi connectivity index (χ2n) is 6.48. The lowest BCUT2D eigenvalue weighted by Gasteiger charge is -2.18. The SMILES string of the molecule is CN(Cc1ccc(F)cc1)C(=O)COc1ccccc1C(=O)Nc1ccccc1. The monoisotopic (exact) mass is 392 g/mol. The third kappa shape index (κ3) is 5.65. The number of hydrogen-bond donors (Lipinski definition) is 1. The summed E-state index contributed by atoms with van der Waals surface area (Å²) < 4.78 is 18.6. The molecular weight excluding hydrogens is 371 g/mol. The zero-order valence-electron chi connectivity index (χ0n) is 16.0. The molecule has 1 N–H and O–H groups in total. The van der Waals surface area contributed by atoms with Crippen LogP contribution in [-0.4, -0.2) is 30.4 Å². The van der Waals surface area contributed by atoms with E-state index in [1.807, 2.05) is 18.2 Å². The van der Waals surface area contributed by atoms with Crippen molar-refractivity contribution in [2.24, 2.45) is 0 Å². The molecule has 0 aliphatic heterocycles. The number of rotatable bonds is 7. The zero-order chi connectivity index (χ0) is 20.6. The van der Waals surface area contributed by atoms with E-state index in [-0.39, 0.29) is 24.2 Å². The Morgan fingerprint density at radius 2 is 1.59 bits per heavy atom. The molecule has 0 spiro atoms. The van der Waals surface area contributed by atoms with Crippen molar-refractivity contribution >= 4 is 17.5 Å². The van der Waals surface area contributed by atoms with Gasteiger partial charge >= 0.3 is 0 Å². The van der Waals surface area contributed by atoms with Crippen molar-refractivity contribution in [3.63, 3.8) is 0 Å². The first kappa shape index (κ1) is 20.1. The first-order valence-electron chi connectivity index (χ1n) is 9.09. The molecule has 0 saturated heterocycles. The molecule has 0 saturated carbocycles. The van der Waals surface area contributed by atoms with Crippen LogP contribution in [0.25, 0.3) is 0 Å². The quantitative estimate of drug-likeness (QED) is 0.658. The number of nitrogens with one attached hydrogen (secondary N) is 1. The van der Waals surface area contributed by atoms with Crippen molar-refractivity contribution < 1.29 is 18.7 Å². The highest BCUT2D eigenvalue weighted by atomic mass is 19.1. The van der Waals surface area contributed by atoms with E-state index >= 15 is 0 Å². The van der Waals surface area contributed by atoms with Gasteiger partial charge in [0.15, 0.2) is 6.61 Å². The maximum atomic E-state index is 13.0. The lowest BCUT2D eigenvalue weighted by Crippen LogP contribution is -2.31. The van der Waals surface area contributed by atoms with Crippen molar-refractivity contribution in [2.45, 2.75) is 6.54 Å². The second-order valence-corrected chi connectivity index (χ2v) is 6.48. The minimum atomic E-state index is -0.323. The molecular formula is C23H21FN2O3. The van der Waals surface area contributed by atoms with Crippen LogP contribution >= 0.6 is 0 Å². The van der Waals surface area contributed by atoms with Gasteiger partial charge < -0.3 is 15.0 Å². The minimum Gasteiger partial charge on any atom is -0.483 e. The average molecular weight is 392 g/mol. The summed E-state index contributed by atoms with van der Waals surface area (Å²) in [7, 11) is 1.64. The zero-order valence-corrected chi connectivity index (χ0v) is 16.0. The third-order valence-electron chi connectivity index (χ3n) is 4.27. The molecule has 3 aromatic carbocycles. The Bertz CT molecular complexity index is 975. The molecule has 2 amide bonds. The van der Waals surface area contributed by atoms with Crippen LogP contribution in [0.15, 0.2) is 78.9 Å². The van der Waals surface area contributed by atoms with Crippen molar-refractivity contribution in [1.82, 2.24) is 4.90 Å². The average Bonchev–Trinajstić information content (AvgIpc) is 2.74. The predicted molar refractivity (Wildman–Crippen MR) is 109 cm³/mol. The van der Waals surface area contributed by atoms with Crippen molar-refractivity contribution in [3.8, 4) is 5.75 Å². The Hall–Kier alpha value is -3.67. The first-order chi connectivity index (χ1) is 14.0. The number of halogens is 1. The number of ether oxygens (including phenoxy) is 1. The summed E-state index contributed by atoms with van der Waals surface area (Å²) in [5, 5.41) is 2.80. The number of carbonyl (C=O) groups excluding carboxylic acids is 2. The molecule has 6 heteroatoms. The van der Waals surface area contributed by atoms with Gasteiger partial charge in [0.05, 0.1) is 5.56 Å². The number of amides is 2. The lowest BCUT2D eigenvalue weighted by atomic mass is 10.2. The van der Waals surface area contributed by atoms with Crippen molar-refractivity contribution in [2.75, 3.05) is 19.0 Å². The van der Waals surface area contributed by atoms with Crippen LogP contribution in [-0.2, 0) is 11.3 Å². The fourth-order valence-corrected chi connectivity index (χ4v) is 2.70. The van der Waals surface area contributed by atoms with Gasteiger partial charge in [-0.15, -0.1) is 0 Å². The molecule has 0 aromatic heterocycles. The number of para-hydroxylation sites is 2. The van der Waals surface area contributed by atoms with E-state index in [0.717, 1.165) is 5.56 Å². The van der Waals surface area contributed by atoms with E-state index in [1.54, 1.807) is 55.6 Å². The lowest BCUT2D eigenvalue weighted by molar-refractivity contribution is -0.132. The Labute approximate surface area is 168 Å². The Morgan fingerprint density at radius 3 is 2.31 bits per heavy atom. The van der Waals surface area contributed by atoms with Gasteiger partial charge in [0, 0.05) is 19.3 Å². The summed E-state index contributed by atoms with van der Waals surface area (Å²) in [5.74, 6) is -0.576. The molecule has 5 nitrogen and oxygen atoms in total. The van der Waals surface area contributed by atoms with Gasteiger partial charge in [-0.1, -0.05) is 42.5 Å². The van der Waals surface area contributed by atoms with Crippen LogP contribution in [0.3, 0.4) is 0 Å². The summed E-state index contributed by atoms with van der Waals surface area (Å²) in [4.78, 5) is 26.4. The summed E-state index contributed by atoms with van der Waals surface area (Å²) in [6.45, 7) is 0.117. The van der Waals surface area contributed by atoms with Crippen LogP contribution < -0.4 is 10.1 Å². The highest BCUT2D eigenvalue weighted by Gasteiger charge is 2.15. The van der Waals surface area contributed by atoms with E-state index in [4.69, 9.17) is 4.74 Å². The van der Waals surface area contributed by atoms with E-state index in [9.17, 15) is 14.0 Å². The number of hydrogen-bond acceptors (Lipinski definition) is 3. The summed E-state index contributed by atoms with van der Waals surface area (Å²) in [6, 6.07) is 21.8. The maximum Gasteiger partial charge on any atom is 0.260 e. The number of anilines is 1. The molecule has 0 fully saturated rings. The maximum absolute atomic E-state index is 13.0. The third-order valence-corrected chi connectivity index (χ3v) is 4.27. The van der Waals surface area contributed by atoms with Crippen LogP contribution in [0.2, 0.25) is 0 Å². The summed E-state index contributed by atoms with van der Waals surface area (Å²) >= 11 is 0. The van der Waals surface area contributed by atoms with Crippen LogP contribution in [0.4, 0.5) is 10.1 Å². The minimum absolute atomic E-state index is 0.215. The van der Waals surface area contributed by atoms with E-state index in [2.05, 4.69) is 5.32 Å². The fraction of sp³-hybridized carbons (Fsp3) is 0.130. The number of carbonyl (C=O) groups is 2. The second kappa shape index (κ2) is 9.50. The fourth-order valence-electron chi connectivity index (χ4n) is 2.70. The molecule has 0 heterocycles. The van der Waals surface area contributed by atoms with E-state index in [1.165, 1.54) is 17.0 Å². The Balaban J connectivity index is 1.60. The molecule has 0 atom stereocenters. The molecule has 0 aliphatic carbocycles. The van der Waals surface area contributed by atoms with Gasteiger partial charge in [-0.05, 0) is 42.0 Å². The van der Waals surface area contributed by atoms with Gasteiger partial charge in [-0.2, -0.15) is 0 Å².